The number of phenolic OH excluding ortho intramolecular Hbond substituents is 1. The van der Waals surface area contributed by atoms with Crippen LogP contribution in [0.25, 0.3) is 0 Å². The lowest BCUT2D eigenvalue weighted by atomic mass is 9.99. The molecule has 0 amide bonds. The topological polar surface area (TPSA) is 72.5 Å². The molecule has 1 aliphatic rings. The van der Waals surface area contributed by atoms with Crippen LogP contribution in [0.4, 0.5) is 0 Å². The molecule has 0 spiro atoms. The van der Waals surface area contributed by atoms with Gasteiger partial charge in [0.05, 0.1) is 13.0 Å². The van der Waals surface area contributed by atoms with E-state index in [1.807, 2.05) is 0 Å². The number of phenols is 1. The van der Waals surface area contributed by atoms with Gasteiger partial charge in [-0.3, -0.25) is 4.79 Å². The number of carbonyl (C=O) groups is 1. The Morgan fingerprint density at radius 2 is 2.33 bits per heavy atom. The number of benzene rings is 1. The zero-order valence-corrected chi connectivity index (χ0v) is 8.43. The lowest BCUT2D eigenvalue weighted by Crippen LogP contribution is -2.31. The molecule has 2 rings (SSSR count). The molecule has 15 heavy (non-hydrogen) atoms. The highest BCUT2D eigenvalue weighted by atomic mass is 16.5. The predicted molar refractivity (Wildman–Crippen MR) is 54.5 cm³/mol. The molecule has 0 aromatic heterocycles. The Bertz CT molecular complexity index is 403. The van der Waals surface area contributed by atoms with Gasteiger partial charge in [0.1, 0.15) is 5.75 Å². The number of esters is 1. The quantitative estimate of drug-likeness (QED) is 0.659. The Balaban J connectivity index is 2.43. The first-order valence-corrected chi connectivity index (χ1v) is 4.78. The molecule has 0 saturated carbocycles. The molecule has 80 valence electrons. The summed E-state index contributed by atoms with van der Waals surface area (Å²) >= 11 is 0. The Labute approximate surface area is 87.7 Å². The van der Waals surface area contributed by atoms with Gasteiger partial charge in [-0.2, -0.15) is 0 Å². The van der Waals surface area contributed by atoms with Crippen LogP contribution in [0.1, 0.15) is 17.0 Å². The molecule has 1 aromatic rings. The largest absolute Gasteiger partial charge is 0.508 e. The van der Waals surface area contributed by atoms with E-state index < -0.39 is 5.92 Å². The molecule has 0 heterocycles. The van der Waals surface area contributed by atoms with Gasteiger partial charge in [-0.15, -0.1) is 0 Å². The number of hydrogen-bond donors (Lipinski definition) is 2. The van der Waals surface area contributed by atoms with Crippen molar-refractivity contribution < 1.29 is 14.6 Å². The summed E-state index contributed by atoms with van der Waals surface area (Å²) in [5, 5.41) is 9.36. The molecule has 2 atom stereocenters. The van der Waals surface area contributed by atoms with Crippen LogP contribution in [-0.2, 0) is 16.0 Å². The maximum atomic E-state index is 11.5. The first-order chi connectivity index (χ1) is 7.13. The van der Waals surface area contributed by atoms with Gasteiger partial charge in [0.15, 0.2) is 0 Å². The van der Waals surface area contributed by atoms with Crippen LogP contribution in [0.15, 0.2) is 18.2 Å². The Morgan fingerprint density at radius 1 is 1.60 bits per heavy atom. The van der Waals surface area contributed by atoms with Crippen molar-refractivity contribution in [3.05, 3.63) is 29.3 Å². The van der Waals surface area contributed by atoms with Crippen molar-refractivity contribution in [3.63, 3.8) is 0 Å². The summed E-state index contributed by atoms with van der Waals surface area (Å²) in [4.78, 5) is 11.5. The molecule has 1 aromatic carbocycles. The Morgan fingerprint density at radius 3 is 3.00 bits per heavy atom. The first kappa shape index (κ1) is 9.98. The fraction of sp³-hybridized carbons (Fsp3) is 0.364. The minimum atomic E-state index is -0.447. The summed E-state index contributed by atoms with van der Waals surface area (Å²) in [6, 6.07) is 4.73. The minimum Gasteiger partial charge on any atom is -0.508 e. The van der Waals surface area contributed by atoms with E-state index in [4.69, 9.17) is 10.5 Å². The molecular weight excluding hydrogens is 194 g/mol. The third-order valence-electron chi connectivity index (χ3n) is 2.80. The van der Waals surface area contributed by atoms with Crippen molar-refractivity contribution >= 4 is 5.97 Å². The van der Waals surface area contributed by atoms with E-state index in [0.29, 0.717) is 6.42 Å². The Kier molecular flexibility index (Phi) is 2.36. The van der Waals surface area contributed by atoms with Gasteiger partial charge >= 0.3 is 5.97 Å². The fourth-order valence-electron chi connectivity index (χ4n) is 2.09. The molecule has 3 N–H and O–H groups in total. The lowest BCUT2D eigenvalue weighted by molar-refractivity contribution is -0.142. The zero-order chi connectivity index (χ0) is 11.0. The van der Waals surface area contributed by atoms with E-state index in [1.165, 1.54) is 7.11 Å². The maximum Gasteiger partial charge on any atom is 0.314 e. The average Bonchev–Trinajstić information content (AvgIpc) is 2.52. The summed E-state index contributed by atoms with van der Waals surface area (Å²) in [7, 11) is 1.34. The molecule has 0 saturated heterocycles. The van der Waals surface area contributed by atoms with Crippen LogP contribution in [0, 0.1) is 0 Å². The van der Waals surface area contributed by atoms with Gasteiger partial charge in [0.2, 0.25) is 0 Å². The molecule has 4 heteroatoms. The molecule has 0 aliphatic heterocycles. The monoisotopic (exact) mass is 207 g/mol. The highest BCUT2D eigenvalue weighted by Gasteiger charge is 2.36. The minimum absolute atomic E-state index is 0.150. The molecule has 4 nitrogen and oxygen atoms in total. The number of nitrogens with two attached hydrogens (primary N) is 1. The van der Waals surface area contributed by atoms with E-state index in [1.54, 1.807) is 18.2 Å². The number of fused-ring (bicyclic) bond motifs is 1. The van der Waals surface area contributed by atoms with Crippen LogP contribution in [0.5, 0.6) is 5.75 Å². The third-order valence-corrected chi connectivity index (χ3v) is 2.80. The predicted octanol–water partition coefficient (Wildman–Crippen LogP) is 0.532. The van der Waals surface area contributed by atoms with Crippen LogP contribution < -0.4 is 5.73 Å². The number of rotatable bonds is 1. The van der Waals surface area contributed by atoms with Crippen molar-refractivity contribution in [2.45, 2.75) is 18.4 Å². The second-order valence-electron chi connectivity index (χ2n) is 3.75. The normalized spacial score (nSPS) is 23.6. The zero-order valence-electron chi connectivity index (χ0n) is 8.43. The van der Waals surface area contributed by atoms with E-state index in [2.05, 4.69) is 0 Å². The number of carbonyl (C=O) groups excluding carboxylic acids is 1. The number of aromatic hydroxyl groups is 1. The summed E-state index contributed by atoms with van der Waals surface area (Å²) in [5.41, 5.74) is 7.67. The van der Waals surface area contributed by atoms with Gasteiger partial charge in [-0.25, -0.2) is 0 Å². The molecular formula is C11H13NO3. The molecule has 0 bridgehead atoms. The summed E-state index contributed by atoms with van der Waals surface area (Å²) in [5.74, 6) is -0.638. The van der Waals surface area contributed by atoms with Crippen molar-refractivity contribution in [1.29, 1.82) is 0 Å². The smallest absolute Gasteiger partial charge is 0.314 e. The second-order valence-corrected chi connectivity index (χ2v) is 3.75. The van der Waals surface area contributed by atoms with Crippen molar-refractivity contribution in [2.75, 3.05) is 7.11 Å². The van der Waals surface area contributed by atoms with Gasteiger partial charge < -0.3 is 15.6 Å². The maximum absolute atomic E-state index is 11.5. The highest BCUT2D eigenvalue weighted by Crippen LogP contribution is 2.35. The average molecular weight is 207 g/mol. The summed E-state index contributed by atoms with van der Waals surface area (Å²) in [6.45, 7) is 0. The van der Waals surface area contributed by atoms with Crippen LogP contribution in [0.2, 0.25) is 0 Å². The molecule has 0 fully saturated rings. The second kappa shape index (κ2) is 3.55. The fourth-order valence-corrected chi connectivity index (χ4v) is 2.09. The van der Waals surface area contributed by atoms with E-state index in [0.717, 1.165) is 11.1 Å². The number of ether oxygens (including phenoxy) is 1. The Hall–Kier alpha value is -1.55. The highest BCUT2D eigenvalue weighted by molar-refractivity contribution is 5.81. The number of methoxy groups -OCH3 is 1. The first-order valence-electron chi connectivity index (χ1n) is 4.78. The van der Waals surface area contributed by atoms with Crippen LogP contribution >= 0.6 is 0 Å². The van der Waals surface area contributed by atoms with Crippen molar-refractivity contribution in [2.24, 2.45) is 5.73 Å². The SMILES string of the molecule is COC(=O)C1c2cc(O)ccc2CC1N. The van der Waals surface area contributed by atoms with Gasteiger partial charge in [-0.05, 0) is 29.7 Å². The van der Waals surface area contributed by atoms with Gasteiger partial charge in [0, 0.05) is 6.04 Å². The standard InChI is InChI=1S/C11H13NO3/c1-15-11(14)10-8-5-7(13)3-2-6(8)4-9(10)12/h2-3,5,9-10,13H,4,12H2,1H3. The summed E-state index contributed by atoms with van der Waals surface area (Å²) in [6.07, 6.45) is 0.648. The van der Waals surface area contributed by atoms with E-state index >= 15 is 0 Å². The van der Waals surface area contributed by atoms with Crippen molar-refractivity contribution in [3.8, 4) is 5.75 Å². The van der Waals surface area contributed by atoms with E-state index in [9.17, 15) is 9.90 Å². The molecule has 0 radical (unpaired) electrons. The van der Waals surface area contributed by atoms with Crippen LogP contribution in [-0.4, -0.2) is 24.2 Å². The van der Waals surface area contributed by atoms with Crippen molar-refractivity contribution in [1.82, 2.24) is 0 Å². The number of hydrogen-bond acceptors (Lipinski definition) is 4. The van der Waals surface area contributed by atoms with Crippen LogP contribution in [0.3, 0.4) is 0 Å². The third kappa shape index (κ3) is 1.57. The van der Waals surface area contributed by atoms with E-state index in [-0.39, 0.29) is 17.8 Å². The van der Waals surface area contributed by atoms with Gasteiger partial charge in [0.25, 0.3) is 0 Å². The molecule has 2 unspecified atom stereocenters. The molecule has 1 aliphatic carbocycles. The summed E-state index contributed by atoms with van der Waals surface area (Å²) < 4.78 is 4.70. The van der Waals surface area contributed by atoms with Gasteiger partial charge in [-0.1, -0.05) is 6.07 Å². The lowest BCUT2D eigenvalue weighted by Gasteiger charge is -2.13.